The van der Waals surface area contributed by atoms with E-state index in [1.165, 1.54) is 25.2 Å². The molecule has 0 amide bonds. The van der Waals surface area contributed by atoms with Crippen LogP contribution in [0.3, 0.4) is 0 Å². The summed E-state index contributed by atoms with van der Waals surface area (Å²) in [5.74, 6) is 1.21. The molecule has 28 heavy (non-hydrogen) atoms. The van der Waals surface area contributed by atoms with Crippen LogP contribution in [-0.4, -0.2) is 58.2 Å². The minimum Gasteiger partial charge on any atom is -0.493 e. The van der Waals surface area contributed by atoms with E-state index < -0.39 is 5.97 Å². The molecule has 0 fully saturated rings. The lowest BCUT2D eigenvalue weighted by Crippen LogP contribution is -2.04. The van der Waals surface area contributed by atoms with E-state index in [1.807, 2.05) is 12.1 Å². The zero-order valence-electron chi connectivity index (χ0n) is 15.5. The zero-order valence-corrected chi connectivity index (χ0v) is 16.3. The summed E-state index contributed by atoms with van der Waals surface area (Å²) >= 11 is 1.37. The van der Waals surface area contributed by atoms with Gasteiger partial charge < -0.3 is 14.2 Å². The second-order valence-electron chi connectivity index (χ2n) is 5.32. The molecular formula is C17H18N6O4S. The minimum absolute atomic E-state index is 0.246. The van der Waals surface area contributed by atoms with Crippen molar-refractivity contribution in [2.24, 2.45) is 5.10 Å². The number of carbonyl (C=O) groups excluding carboxylic acids is 1. The van der Waals surface area contributed by atoms with Crippen molar-refractivity contribution >= 4 is 23.9 Å². The Morgan fingerprint density at radius 2 is 2.04 bits per heavy atom. The summed E-state index contributed by atoms with van der Waals surface area (Å²) < 4.78 is 18.3. The molecule has 0 bridgehead atoms. The average molecular weight is 402 g/mol. The van der Waals surface area contributed by atoms with Gasteiger partial charge in [0.15, 0.2) is 17.2 Å². The Balaban J connectivity index is 1.67. The van der Waals surface area contributed by atoms with Gasteiger partial charge in [-0.05, 0) is 29.8 Å². The number of esters is 1. The van der Waals surface area contributed by atoms with Crippen LogP contribution in [0.25, 0.3) is 0 Å². The first-order valence-corrected chi connectivity index (χ1v) is 9.04. The van der Waals surface area contributed by atoms with E-state index in [-0.39, 0.29) is 5.69 Å². The highest BCUT2D eigenvalue weighted by atomic mass is 32.2. The lowest BCUT2D eigenvalue weighted by Gasteiger charge is -2.07. The number of thioether (sulfide) groups is 1. The molecule has 0 unspecified atom stereocenters. The molecule has 0 N–H and O–H groups in total. The molecule has 3 aromatic rings. The maximum Gasteiger partial charge on any atom is 0.358 e. The maximum absolute atomic E-state index is 11.5. The zero-order chi connectivity index (χ0) is 19.9. The summed E-state index contributed by atoms with van der Waals surface area (Å²) in [7, 11) is 4.48. The van der Waals surface area contributed by atoms with Gasteiger partial charge in [-0.3, -0.25) is 4.68 Å². The molecule has 146 valence electrons. The van der Waals surface area contributed by atoms with Gasteiger partial charge >= 0.3 is 5.97 Å². The second kappa shape index (κ2) is 9.04. The van der Waals surface area contributed by atoms with Gasteiger partial charge in [0.2, 0.25) is 5.16 Å². The summed E-state index contributed by atoms with van der Waals surface area (Å²) in [6.07, 6.45) is 4.86. The van der Waals surface area contributed by atoms with Crippen molar-refractivity contribution in [3.63, 3.8) is 0 Å². The summed E-state index contributed by atoms with van der Waals surface area (Å²) in [4.78, 5) is 11.5. The SMILES string of the molecule is COC(=O)c1ccn(CSc2nncn2N=Cc2ccc(OC)c(OC)c2)n1. The lowest BCUT2D eigenvalue weighted by molar-refractivity contribution is 0.0593. The number of hydrogen-bond acceptors (Lipinski definition) is 9. The van der Waals surface area contributed by atoms with Crippen molar-refractivity contribution in [1.82, 2.24) is 24.7 Å². The van der Waals surface area contributed by atoms with Gasteiger partial charge in [0.05, 0.1) is 33.4 Å². The van der Waals surface area contributed by atoms with E-state index in [9.17, 15) is 4.79 Å². The van der Waals surface area contributed by atoms with Gasteiger partial charge in [-0.2, -0.15) is 14.9 Å². The van der Waals surface area contributed by atoms with E-state index in [0.29, 0.717) is 22.5 Å². The molecule has 3 rings (SSSR count). The van der Waals surface area contributed by atoms with Gasteiger partial charge in [0, 0.05) is 6.20 Å². The Hall–Kier alpha value is -3.34. The molecule has 11 heteroatoms. The van der Waals surface area contributed by atoms with E-state index in [1.54, 1.807) is 48.1 Å². The van der Waals surface area contributed by atoms with Gasteiger partial charge in [0.25, 0.3) is 0 Å². The summed E-state index contributed by atoms with van der Waals surface area (Å²) in [6, 6.07) is 7.07. The summed E-state index contributed by atoms with van der Waals surface area (Å²) in [5.41, 5.74) is 1.08. The van der Waals surface area contributed by atoms with Crippen LogP contribution >= 0.6 is 11.8 Å². The van der Waals surface area contributed by atoms with E-state index in [4.69, 9.17) is 9.47 Å². The molecule has 0 atom stereocenters. The van der Waals surface area contributed by atoms with E-state index in [0.717, 1.165) is 5.56 Å². The molecule has 0 aliphatic carbocycles. The number of hydrogen-bond donors (Lipinski definition) is 0. The summed E-state index contributed by atoms with van der Waals surface area (Å²) in [5, 5.41) is 17.0. The van der Waals surface area contributed by atoms with Crippen LogP contribution in [0.1, 0.15) is 16.1 Å². The highest BCUT2D eigenvalue weighted by molar-refractivity contribution is 7.98. The molecule has 1 aromatic carbocycles. The third-order valence-corrected chi connectivity index (χ3v) is 4.52. The van der Waals surface area contributed by atoms with Crippen LogP contribution in [0.15, 0.2) is 47.0 Å². The normalized spacial score (nSPS) is 11.0. The van der Waals surface area contributed by atoms with Crippen LogP contribution in [0.5, 0.6) is 11.5 Å². The number of aromatic nitrogens is 5. The molecule has 0 saturated carbocycles. The Morgan fingerprint density at radius 3 is 2.79 bits per heavy atom. The fraction of sp³-hybridized carbons (Fsp3) is 0.235. The monoisotopic (exact) mass is 402 g/mol. The minimum atomic E-state index is -0.480. The number of methoxy groups -OCH3 is 3. The quantitative estimate of drug-likeness (QED) is 0.320. The lowest BCUT2D eigenvalue weighted by atomic mass is 10.2. The van der Waals surface area contributed by atoms with Crippen molar-refractivity contribution in [2.75, 3.05) is 21.3 Å². The van der Waals surface area contributed by atoms with Gasteiger partial charge in [-0.25, -0.2) is 4.79 Å². The maximum atomic E-state index is 11.5. The second-order valence-corrected chi connectivity index (χ2v) is 6.23. The largest absolute Gasteiger partial charge is 0.493 e. The first kappa shape index (κ1) is 19.4. The van der Waals surface area contributed by atoms with Crippen molar-refractivity contribution in [3.05, 3.63) is 48.0 Å². The molecular weight excluding hydrogens is 384 g/mol. The Labute approximate surface area is 165 Å². The smallest absolute Gasteiger partial charge is 0.358 e. The van der Waals surface area contributed by atoms with E-state index >= 15 is 0 Å². The van der Waals surface area contributed by atoms with Gasteiger partial charge in [-0.1, -0.05) is 11.8 Å². The number of nitrogens with zero attached hydrogens (tertiary/aromatic N) is 6. The predicted octanol–water partition coefficient (Wildman–Crippen LogP) is 1.91. The highest BCUT2D eigenvalue weighted by Gasteiger charge is 2.10. The molecule has 0 aliphatic rings. The topological polar surface area (TPSA) is 106 Å². The van der Waals surface area contributed by atoms with Gasteiger partial charge in [-0.15, -0.1) is 10.2 Å². The standard InChI is InChI=1S/C17H18N6O4S/c1-25-14-5-4-12(8-15(14)26-2)9-19-23-10-18-20-17(23)28-11-22-7-6-13(21-22)16(24)27-3/h4-10H,11H2,1-3H3. The highest BCUT2D eigenvalue weighted by Crippen LogP contribution is 2.27. The third kappa shape index (κ3) is 4.49. The first-order valence-electron chi connectivity index (χ1n) is 8.05. The molecule has 2 heterocycles. The van der Waals surface area contributed by atoms with Crippen molar-refractivity contribution < 1.29 is 19.0 Å². The molecule has 0 radical (unpaired) electrons. The molecule has 10 nitrogen and oxygen atoms in total. The fourth-order valence-electron chi connectivity index (χ4n) is 2.23. The Morgan fingerprint density at radius 1 is 1.21 bits per heavy atom. The van der Waals surface area contributed by atoms with Crippen LogP contribution in [0, 0.1) is 0 Å². The van der Waals surface area contributed by atoms with Crippen molar-refractivity contribution in [1.29, 1.82) is 0 Å². The Kier molecular flexibility index (Phi) is 6.27. The fourth-order valence-corrected chi connectivity index (χ4v) is 2.95. The van der Waals surface area contributed by atoms with Crippen LogP contribution in [0.2, 0.25) is 0 Å². The number of carbonyl (C=O) groups is 1. The molecule has 2 aromatic heterocycles. The van der Waals surface area contributed by atoms with Crippen molar-refractivity contribution in [2.45, 2.75) is 11.0 Å². The number of benzene rings is 1. The molecule has 0 saturated heterocycles. The number of ether oxygens (including phenoxy) is 3. The van der Waals surface area contributed by atoms with Gasteiger partial charge in [0.1, 0.15) is 6.33 Å². The number of rotatable bonds is 8. The van der Waals surface area contributed by atoms with Crippen LogP contribution in [-0.2, 0) is 10.6 Å². The van der Waals surface area contributed by atoms with Crippen LogP contribution < -0.4 is 9.47 Å². The van der Waals surface area contributed by atoms with Crippen LogP contribution in [0.4, 0.5) is 0 Å². The third-order valence-electron chi connectivity index (χ3n) is 3.60. The molecule has 0 spiro atoms. The average Bonchev–Trinajstić information content (AvgIpc) is 3.39. The Bertz CT molecular complexity index is 984. The summed E-state index contributed by atoms with van der Waals surface area (Å²) in [6.45, 7) is 0. The predicted molar refractivity (Wildman–Crippen MR) is 102 cm³/mol. The van der Waals surface area contributed by atoms with Crippen molar-refractivity contribution in [3.8, 4) is 11.5 Å². The molecule has 0 aliphatic heterocycles. The van der Waals surface area contributed by atoms with E-state index in [2.05, 4.69) is 25.1 Å². The first-order chi connectivity index (χ1) is 13.6.